The second kappa shape index (κ2) is 11.7. The lowest BCUT2D eigenvalue weighted by Gasteiger charge is -2.47. The molecule has 1 saturated heterocycles. The van der Waals surface area contributed by atoms with Crippen LogP contribution in [0.2, 0.25) is 18.1 Å². The van der Waals surface area contributed by atoms with E-state index in [2.05, 4.69) is 67.3 Å². The lowest BCUT2D eigenvalue weighted by molar-refractivity contribution is -0.139. The van der Waals surface area contributed by atoms with E-state index in [1.165, 1.54) is 9.88 Å². The maximum atomic E-state index is 14.7. The molecule has 1 fully saturated rings. The summed E-state index contributed by atoms with van der Waals surface area (Å²) in [5.74, 6) is -0.264. The summed E-state index contributed by atoms with van der Waals surface area (Å²) in [5, 5.41) is 0.0506. The normalized spacial score (nSPS) is 27.8. The molecule has 3 rings (SSSR count). The van der Waals surface area contributed by atoms with Crippen molar-refractivity contribution in [1.82, 2.24) is 4.31 Å². The minimum Gasteiger partial charge on any atom is -0.407 e. The van der Waals surface area contributed by atoms with Crippen LogP contribution in [-0.2, 0) is 19.2 Å². The van der Waals surface area contributed by atoms with E-state index in [1.54, 1.807) is 24.3 Å². The fourth-order valence-electron chi connectivity index (χ4n) is 6.12. The molecule has 1 aliphatic carbocycles. The molecule has 222 valence electrons. The van der Waals surface area contributed by atoms with Gasteiger partial charge in [0.25, 0.3) is 10.0 Å². The Bertz CT molecular complexity index is 1270. The SMILES string of the molecule is C=C[C@@H](O[Si](C)(C)C(C)(C)C)C1=C(C)[C@H](/C=C\C)[C@@]2(CC1)C[C@H](C)[C@@H](C)CN(S(=O)(=O)c1ccc(C)cc1)C2=O. The number of amides is 1. The Morgan fingerprint density at radius 1 is 1.12 bits per heavy atom. The summed E-state index contributed by atoms with van der Waals surface area (Å²) in [7, 11) is -6.09. The van der Waals surface area contributed by atoms with Crippen molar-refractivity contribution in [3.05, 3.63) is 65.8 Å². The molecule has 0 unspecified atom stereocenters. The maximum absolute atomic E-state index is 14.7. The second-order valence-corrected chi connectivity index (χ2v) is 20.3. The number of allylic oxidation sites excluding steroid dienone is 3. The molecule has 0 saturated carbocycles. The van der Waals surface area contributed by atoms with Gasteiger partial charge in [-0.15, -0.1) is 6.58 Å². The molecule has 0 N–H and O–H groups in total. The molecule has 5 atom stereocenters. The molecule has 40 heavy (non-hydrogen) atoms. The second-order valence-electron chi connectivity index (χ2n) is 13.7. The van der Waals surface area contributed by atoms with Gasteiger partial charge in [0, 0.05) is 12.5 Å². The molecule has 0 aromatic heterocycles. The zero-order valence-electron chi connectivity index (χ0n) is 26.4. The van der Waals surface area contributed by atoms with Crippen LogP contribution in [-0.4, -0.2) is 39.6 Å². The average Bonchev–Trinajstić information content (AvgIpc) is 2.95. The van der Waals surface area contributed by atoms with E-state index in [-0.39, 0.29) is 46.2 Å². The van der Waals surface area contributed by atoms with E-state index < -0.39 is 23.8 Å². The van der Waals surface area contributed by atoms with Gasteiger partial charge >= 0.3 is 0 Å². The minimum atomic E-state index is -4.01. The van der Waals surface area contributed by atoms with Crippen molar-refractivity contribution in [3.63, 3.8) is 0 Å². The minimum absolute atomic E-state index is 0.0447. The van der Waals surface area contributed by atoms with Gasteiger partial charge in [-0.1, -0.05) is 76.1 Å². The van der Waals surface area contributed by atoms with Crippen LogP contribution in [0.3, 0.4) is 0 Å². The summed E-state index contributed by atoms with van der Waals surface area (Å²) in [6.07, 6.45) is 7.69. The van der Waals surface area contributed by atoms with Crippen LogP contribution in [0.4, 0.5) is 0 Å². The number of benzene rings is 1. The monoisotopic (exact) mass is 585 g/mol. The maximum Gasteiger partial charge on any atom is 0.266 e. The first-order valence-corrected chi connectivity index (χ1v) is 19.0. The number of aryl methyl sites for hydroxylation is 1. The van der Waals surface area contributed by atoms with Crippen molar-refractivity contribution in [2.24, 2.45) is 23.2 Å². The van der Waals surface area contributed by atoms with Gasteiger partial charge in [-0.05, 0) is 87.7 Å². The van der Waals surface area contributed by atoms with Crippen LogP contribution in [0.25, 0.3) is 0 Å². The lowest BCUT2D eigenvalue weighted by Crippen LogP contribution is -2.51. The summed E-state index contributed by atoms with van der Waals surface area (Å²) in [4.78, 5) is 14.9. The van der Waals surface area contributed by atoms with Crippen molar-refractivity contribution in [3.8, 4) is 0 Å². The van der Waals surface area contributed by atoms with Gasteiger partial charge < -0.3 is 4.43 Å². The predicted molar refractivity (Wildman–Crippen MR) is 168 cm³/mol. The summed E-state index contributed by atoms with van der Waals surface area (Å²) in [5.41, 5.74) is 2.42. The first kappa shape index (κ1) is 32.6. The fourth-order valence-corrected chi connectivity index (χ4v) is 8.91. The quantitative estimate of drug-likeness (QED) is 0.240. The van der Waals surface area contributed by atoms with E-state index in [0.29, 0.717) is 19.3 Å². The van der Waals surface area contributed by atoms with Gasteiger partial charge in [0.1, 0.15) is 0 Å². The van der Waals surface area contributed by atoms with Crippen molar-refractivity contribution in [2.45, 2.75) is 104 Å². The van der Waals surface area contributed by atoms with Crippen molar-refractivity contribution in [1.29, 1.82) is 0 Å². The van der Waals surface area contributed by atoms with E-state index in [4.69, 9.17) is 4.43 Å². The number of carbonyl (C=O) groups is 1. The molecule has 7 heteroatoms. The van der Waals surface area contributed by atoms with E-state index in [9.17, 15) is 13.2 Å². The Morgan fingerprint density at radius 3 is 2.25 bits per heavy atom. The Morgan fingerprint density at radius 2 is 1.73 bits per heavy atom. The van der Waals surface area contributed by atoms with Crippen molar-refractivity contribution < 1.29 is 17.6 Å². The van der Waals surface area contributed by atoms with E-state index >= 15 is 0 Å². The van der Waals surface area contributed by atoms with Crippen molar-refractivity contribution >= 4 is 24.2 Å². The molecule has 1 aliphatic heterocycles. The third-order valence-corrected chi connectivity index (χ3v) is 16.2. The highest BCUT2D eigenvalue weighted by atomic mass is 32.2. The van der Waals surface area contributed by atoms with Crippen LogP contribution in [0.1, 0.15) is 73.3 Å². The highest BCUT2D eigenvalue weighted by Crippen LogP contribution is 2.54. The molecule has 0 bridgehead atoms. The van der Waals surface area contributed by atoms with Gasteiger partial charge in [-0.3, -0.25) is 4.79 Å². The molecule has 2 aliphatic rings. The van der Waals surface area contributed by atoms with Gasteiger partial charge in [-0.25, -0.2) is 12.7 Å². The smallest absolute Gasteiger partial charge is 0.266 e. The molecule has 1 amide bonds. The van der Waals surface area contributed by atoms with Crippen LogP contribution in [0, 0.1) is 30.1 Å². The van der Waals surface area contributed by atoms with Gasteiger partial charge in [0.2, 0.25) is 5.91 Å². The molecule has 1 aromatic rings. The van der Waals surface area contributed by atoms with Gasteiger partial charge in [-0.2, -0.15) is 0 Å². The average molecular weight is 586 g/mol. The number of rotatable bonds is 7. The van der Waals surface area contributed by atoms with E-state index in [1.807, 2.05) is 26.0 Å². The Labute approximate surface area is 245 Å². The van der Waals surface area contributed by atoms with Gasteiger partial charge in [0.05, 0.1) is 16.4 Å². The van der Waals surface area contributed by atoms with Crippen LogP contribution < -0.4 is 0 Å². The molecule has 1 spiro atoms. The summed E-state index contributed by atoms with van der Waals surface area (Å²) in [6.45, 7) is 25.8. The first-order chi connectivity index (χ1) is 18.4. The summed E-state index contributed by atoms with van der Waals surface area (Å²) in [6, 6.07) is 6.81. The Balaban J connectivity index is 2.15. The third kappa shape index (κ3) is 5.98. The summed E-state index contributed by atoms with van der Waals surface area (Å²) >= 11 is 0. The first-order valence-electron chi connectivity index (χ1n) is 14.7. The molecule has 1 aromatic carbocycles. The van der Waals surface area contributed by atoms with Crippen LogP contribution >= 0.6 is 0 Å². The Kier molecular flexibility index (Phi) is 9.54. The highest BCUT2D eigenvalue weighted by molar-refractivity contribution is 7.89. The number of nitrogens with zero attached hydrogens (tertiary/aromatic N) is 1. The fraction of sp³-hybridized carbons (Fsp3) is 0.606. The van der Waals surface area contributed by atoms with Gasteiger partial charge in [0.15, 0.2) is 8.32 Å². The van der Waals surface area contributed by atoms with Crippen LogP contribution in [0.5, 0.6) is 0 Å². The standard InChI is InChI=1S/C33H51NO4SSi/c1-12-14-29-26(6)28(30(13-2)38-40(10,11)32(7,8)9)19-20-33(29)21-24(4)25(5)22-34(31(33)35)39(36,37)27-17-15-23(3)16-18-27/h12-18,24-25,29-30H,2,19-22H2,1,3-11H3/b14-12-/t24-,25-,29-,30+,33+/m0/s1. The highest BCUT2D eigenvalue weighted by Gasteiger charge is 2.55. The summed E-state index contributed by atoms with van der Waals surface area (Å²) < 4.78 is 36.1. The van der Waals surface area contributed by atoms with E-state index in [0.717, 1.165) is 11.1 Å². The van der Waals surface area contributed by atoms with Crippen molar-refractivity contribution in [2.75, 3.05) is 6.54 Å². The number of hydrogen-bond donors (Lipinski definition) is 0. The molecule has 1 heterocycles. The number of carbonyl (C=O) groups excluding carboxylic acids is 1. The number of hydrogen-bond acceptors (Lipinski definition) is 4. The topological polar surface area (TPSA) is 63.7 Å². The zero-order valence-corrected chi connectivity index (χ0v) is 28.2. The lowest BCUT2D eigenvalue weighted by atomic mass is 9.59. The largest absolute Gasteiger partial charge is 0.407 e. The molecule has 5 nitrogen and oxygen atoms in total. The molecular formula is C33H51NO4SSi. The molecule has 0 radical (unpaired) electrons. The zero-order chi connectivity index (χ0) is 30.3. The predicted octanol–water partition coefficient (Wildman–Crippen LogP) is 8.05. The Hall–Kier alpha value is -1.96. The number of sulfonamides is 1. The van der Waals surface area contributed by atoms with Crippen LogP contribution in [0.15, 0.2) is 65.1 Å². The third-order valence-electron chi connectivity index (χ3n) is 9.95. The molecular weight excluding hydrogens is 535 g/mol.